The van der Waals surface area contributed by atoms with E-state index in [-0.39, 0.29) is 6.03 Å². The number of aryl methyl sites for hydroxylation is 1. The largest absolute Gasteiger partial charge is 0.370 e. The van der Waals surface area contributed by atoms with Gasteiger partial charge in [-0.15, -0.1) is 0 Å². The summed E-state index contributed by atoms with van der Waals surface area (Å²) >= 11 is 6.05. The molecule has 3 heterocycles. The molecule has 0 atom stereocenters. The van der Waals surface area contributed by atoms with Crippen molar-refractivity contribution in [2.45, 2.75) is 19.3 Å². The van der Waals surface area contributed by atoms with Gasteiger partial charge in [-0.1, -0.05) is 35.9 Å². The van der Waals surface area contributed by atoms with Crippen molar-refractivity contribution >= 4 is 29.3 Å². The van der Waals surface area contributed by atoms with Crippen LogP contribution in [0, 0.1) is 0 Å². The average Bonchev–Trinajstić information content (AvgIpc) is 2.74. The number of pyridine rings is 2. The zero-order chi connectivity index (χ0) is 20.1. The maximum atomic E-state index is 12.2. The lowest BCUT2D eigenvalue weighted by Crippen LogP contribution is -2.31. The van der Waals surface area contributed by atoms with Gasteiger partial charge in [0.2, 0.25) is 0 Å². The molecule has 1 aromatic carbocycles. The number of hydrogen-bond acceptors (Lipinski definition) is 4. The van der Waals surface area contributed by atoms with Gasteiger partial charge in [0.25, 0.3) is 0 Å². The molecule has 2 amide bonds. The van der Waals surface area contributed by atoms with Crippen LogP contribution in [0.2, 0.25) is 5.02 Å². The summed E-state index contributed by atoms with van der Waals surface area (Å²) in [6.07, 6.45) is 2.87. The zero-order valence-electron chi connectivity index (χ0n) is 15.9. The van der Waals surface area contributed by atoms with Gasteiger partial charge in [0.05, 0.1) is 5.69 Å². The number of anilines is 2. The Kier molecular flexibility index (Phi) is 5.91. The summed E-state index contributed by atoms with van der Waals surface area (Å²) in [4.78, 5) is 21.3. The van der Waals surface area contributed by atoms with E-state index in [1.807, 2.05) is 42.5 Å². The van der Waals surface area contributed by atoms with Crippen LogP contribution < -0.4 is 16.0 Å². The van der Waals surface area contributed by atoms with Crippen molar-refractivity contribution < 1.29 is 4.79 Å². The predicted molar refractivity (Wildman–Crippen MR) is 116 cm³/mol. The Bertz CT molecular complexity index is 1020. The molecule has 0 spiro atoms. The quantitative estimate of drug-likeness (QED) is 0.581. The Balaban J connectivity index is 1.31. The van der Waals surface area contributed by atoms with Gasteiger partial charge in [-0.2, -0.15) is 0 Å². The summed E-state index contributed by atoms with van der Waals surface area (Å²) in [5.74, 6) is 1.45. The minimum Gasteiger partial charge on any atom is -0.370 e. The predicted octanol–water partition coefficient (Wildman–Crippen LogP) is 4.52. The molecule has 0 aliphatic carbocycles. The fourth-order valence-electron chi connectivity index (χ4n) is 3.29. The van der Waals surface area contributed by atoms with E-state index >= 15 is 0 Å². The van der Waals surface area contributed by atoms with Crippen molar-refractivity contribution in [1.82, 2.24) is 15.3 Å². The van der Waals surface area contributed by atoms with E-state index in [1.54, 1.807) is 6.07 Å². The van der Waals surface area contributed by atoms with Gasteiger partial charge in [-0.3, -0.25) is 5.32 Å². The van der Waals surface area contributed by atoms with Gasteiger partial charge in [0.1, 0.15) is 11.6 Å². The van der Waals surface area contributed by atoms with Crippen molar-refractivity contribution in [3.63, 3.8) is 0 Å². The number of nitrogens with one attached hydrogen (secondary N) is 3. The topological polar surface area (TPSA) is 78.9 Å². The number of carbonyl (C=O) groups is 1. The number of benzene rings is 1. The lowest BCUT2D eigenvalue weighted by molar-refractivity contribution is 0.252. The average molecular weight is 408 g/mol. The van der Waals surface area contributed by atoms with E-state index in [0.29, 0.717) is 23.8 Å². The number of rotatable bonds is 5. The third-order valence-corrected chi connectivity index (χ3v) is 4.96. The molecule has 0 saturated carbocycles. The first-order valence-electron chi connectivity index (χ1n) is 9.68. The monoisotopic (exact) mass is 407 g/mol. The maximum Gasteiger partial charge on any atom is 0.320 e. The number of nitrogens with zero attached hydrogens (tertiary/aromatic N) is 2. The van der Waals surface area contributed by atoms with Crippen molar-refractivity contribution in [1.29, 1.82) is 0 Å². The number of amides is 2. The molecule has 0 fully saturated rings. The minimum atomic E-state index is -0.295. The Hall–Kier alpha value is -3.12. The molecule has 3 aromatic rings. The molecule has 4 rings (SSSR count). The number of halogens is 1. The van der Waals surface area contributed by atoms with E-state index in [2.05, 4.69) is 32.0 Å². The highest BCUT2D eigenvalue weighted by molar-refractivity contribution is 6.30. The summed E-state index contributed by atoms with van der Waals surface area (Å²) in [7, 11) is 0. The van der Waals surface area contributed by atoms with Crippen LogP contribution in [-0.4, -0.2) is 29.1 Å². The van der Waals surface area contributed by atoms with Crippen molar-refractivity contribution in [3.05, 3.63) is 70.9 Å². The summed E-state index contributed by atoms with van der Waals surface area (Å²) in [6, 6.07) is 16.8. The number of urea groups is 1. The molecule has 0 saturated heterocycles. The van der Waals surface area contributed by atoms with Crippen LogP contribution in [0.25, 0.3) is 11.3 Å². The van der Waals surface area contributed by atoms with Crippen LogP contribution in [0.4, 0.5) is 16.4 Å². The molecule has 7 heteroatoms. The fraction of sp³-hybridized carbons (Fsp3) is 0.227. The van der Waals surface area contributed by atoms with E-state index in [0.717, 1.165) is 42.2 Å². The van der Waals surface area contributed by atoms with Crippen LogP contribution in [-0.2, 0) is 12.8 Å². The third-order valence-electron chi connectivity index (χ3n) is 4.73. The van der Waals surface area contributed by atoms with E-state index in [9.17, 15) is 4.79 Å². The Morgan fingerprint density at radius 2 is 2.00 bits per heavy atom. The van der Waals surface area contributed by atoms with Crippen LogP contribution >= 0.6 is 11.6 Å². The van der Waals surface area contributed by atoms with Gasteiger partial charge < -0.3 is 10.6 Å². The van der Waals surface area contributed by atoms with Crippen molar-refractivity contribution in [2.24, 2.45) is 0 Å². The lowest BCUT2D eigenvalue weighted by atomic mass is 10.1. The van der Waals surface area contributed by atoms with Gasteiger partial charge >= 0.3 is 6.03 Å². The zero-order valence-corrected chi connectivity index (χ0v) is 16.7. The highest BCUT2D eigenvalue weighted by atomic mass is 35.5. The SMILES string of the molecule is O=C(NCCc1ccc2c(n1)NCCC2)Nc1cccc(-c2cccc(Cl)c2)n1. The third kappa shape index (κ3) is 5.03. The molecule has 29 heavy (non-hydrogen) atoms. The molecule has 3 N–H and O–H groups in total. The molecule has 148 valence electrons. The molecule has 6 nitrogen and oxygen atoms in total. The number of aromatic nitrogens is 2. The van der Waals surface area contributed by atoms with Gasteiger partial charge in [0.15, 0.2) is 0 Å². The van der Waals surface area contributed by atoms with Gasteiger partial charge in [0, 0.05) is 35.8 Å². The second-order valence-electron chi connectivity index (χ2n) is 6.89. The Morgan fingerprint density at radius 1 is 1.10 bits per heavy atom. The smallest absolute Gasteiger partial charge is 0.320 e. The number of fused-ring (bicyclic) bond motifs is 1. The molecule has 0 bridgehead atoms. The normalized spacial score (nSPS) is 12.6. The molecule has 0 unspecified atom stereocenters. The van der Waals surface area contributed by atoms with E-state index < -0.39 is 0 Å². The summed E-state index contributed by atoms with van der Waals surface area (Å²) < 4.78 is 0. The molecule has 0 radical (unpaired) electrons. The van der Waals surface area contributed by atoms with Crippen molar-refractivity contribution in [3.8, 4) is 11.3 Å². The Labute approximate surface area is 174 Å². The van der Waals surface area contributed by atoms with E-state index in [1.165, 1.54) is 5.56 Å². The highest BCUT2D eigenvalue weighted by Crippen LogP contribution is 2.22. The standard InChI is InChI=1S/C22H22ClN5O/c23-17-6-1-4-16(14-17)19-7-2-8-20(27-19)28-22(29)25-13-11-18-10-9-15-5-3-12-24-21(15)26-18/h1-2,4,6-10,14H,3,5,11-13H2,(H,24,26)(H2,25,27,28,29). The fourth-order valence-corrected chi connectivity index (χ4v) is 3.48. The van der Waals surface area contributed by atoms with Gasteiger partial charge in [-0.25, -0.2) is 14.8 Å². The van der Waals surface area contributed by atoms with E-state index in [4.69, 9.17) is 11.6 Å². The first kappa shape index (κ1) is 19.2. The van der Waals surface area contributed by atoms with Crippen LogP contribution in [0.15, 0.2) is 54.6 Å². The Morgan fingerprint density at radius 3 is 2.90 bits per heavy atom. The lowest BCUT2D eigenvalue weighted by Gasteiger charge is -2.17. The minimum absolute atomic E-state index is 0.295. The van der Waals surface area contributed by atoms with Gasteiger partial charge in [-0.05, 0) is 48.7 Å². The van der Waals surface area contributed by atoms with Crippen molar-refractivity contribution in [2.75, 3.05) is 23.7 Å². The molecular formula is C22H22ClN5O. The molecule has 1 aliphatic heterocycles. The summed E-state index contributed by atoms with van der Waals surface area (Å²) in [5, 5.41) is 9.61. The van der Waals surface area contributed by atoms with Crippen LogP contribution in [0.3, 0.4) is 0 Å². The maximum absolute atomic E-state index is 12.2. The van der Waals surface area contributed by atoms with Crippen LogP contribution in [0.5, 0.6) is 0 Å². The second kappa shape index (κ2) is 8.92. The first-order valence-corrected chi connectivity index (χ1v) is 10.1. The van der Waals surface area contributed by atoms with Crippen LogP contribution in [0.1, 0.15) is 17.7 Å². The first-order chi connectivity index (χ1) is 14.2. The molecule has 2 aromatic heterocycles. The summed E-state index contributed by atoms with van der Waals surface area (Å²) in [6.45, 7) is 1.46. The number of carbonyl (C=O) groups excluding carboxylic acids is 1. The molecular weight excluding hydrogens is 386 g/mol. The highest BCUT2D eigenvalue weighted by Gasteiger charge is 2.10. The molecule has 1 aliphatic rings. The number of hydrogen-bond donors (Lipinski definition) is 3. The summed E-state index contributed by atoms with van der Waals surface area (Å²) in [5.41, 5.74) is 3.86. The second-order valence-corrected chi connectivity index (χ2v) is 7.33.